The molecule has 3 amide bonds. The molecule has 0 aromatic carbocycles. The number of carbonyl (C=O) groups excluding carboxylic acids is 2. The van der Waals surface area contributed by atoms with Crippen LogP contribution in [0.4, 0.5) is 4.79 Å². The molecule has 1 fully saturated rings. The van der Waals surface area contributed by atoms with Crippen molar-refractivity contribution in [2.24, 2.45) is 5.92 Å². The molecule has 0 aromatic heterocycles. The SMILES string of the molecule is CC(C)CC(NC(=O)NC1CCC(=O)NC1)C(=O)O. The number of piperidine rings is 1. The number of nitrogens with one attached hydrogen (secondary N) is 3. The zero-order valence-corrected chi connectivity index (χ0v) is 11.2. The van der Waals surface area contributed by atoms with Crippen molar-refractivity contribution in [1.29, 1.82) is 0 Å². The Kier molecular flexibility index (Phi) is 5.59. The van der Waals surface area contributed by atoms with Crippen molar-refractivity contribution in [3.05, 3.63) is 0 Å². The summed E-state index contributed by atoms with van der Waals surface area (Å²) in [5.41, 5.74) is 0. The van der Waals surface area contributed by atoms with E-state index in [2.05, 4.69) is 16.0 Å². The predicted octanol–water partition coefficient (Wildman–Crippen LogP) is 0.0635. The molecule has 2 atom stereocenters. The summed E-state index contributed by atoms with van der Waals surface area (Å²) in [6, 6.07) is -1.54. The monoisotopic (exact) mass is 271 g/mol. The first-order valence-electron chi connectivity index (χ1n) is 6.45. The topological polar surface area (TPSA) is 108 Å². The Morgan fingerprint density at radius 2 is 2.16 bits per heavy atom. The molecule has 1 rings (SSSR count). The Bertz CT molecular complexity index is 347. The molecular formula is C12H21N3O4. The zero-order valence-electron chi connectivity index (χ0n) is 11.2. The van der Waals surface area contributed by atoms with E-state index < -0.39 is 18.0 Å². The molecule has 2 unspecified atom stereocenters. The lowest BCUT2D eigenvalue weighted by atomic mass is 10.0. The molecule has 1 saturated heterocycles. The lowest BCUT2D eigenvalue weighted by Crippen LogP contribution is -2.53. The van der Waals surface area contributed by atoms with E-state index in [0.717, 1.165) is 0 Å². The average Bonchev–Trinajstić information content (AvgIpc) is 2.30. The molecule has 19 heavy (non-hydrogen) atoms. The molecule has 1 aliphatic heterocycles. The van der Waals surface area contributed by atoms with E-state index >= 15 is 0 Å². The Hall–Kier alpha value is -1.79. The first-order chi connectivity index (χ1) is 8.88. The van der Waals surface area contributed by atoms with Crippen LogP contribution in [0.5, 0.6) is 0 Å². The van der Waals surface area contributed by atoms with Gasteiger partial charge in [0.2, 0.25) is 5.91 Å². The van der Waals surface area contributed by atoms with E-state index in [1.165, 1.54) is 0 Å². The Labute approximate surface area is 112 Å². The molecule has 0 spiro atoms. The Balaban J connectivity index is 2.40. The number of carbonyl (C=O) groups is 3. The first kappa shape index (κ1) is 15.3. The highest BCUT2D eigenvalue weighted by Gasteiger charge is 2.24. The fourth-order valence-electron chi connectivity index (χ4n) is 1.93. The molecule has 7 nitrogen and oxygen atoms in total. The van der Waals surface area contributed by atoms with Gasteiger partial charge in [-0.05, 0) is 18.8 Å². The largest absolute Gasteiger partial charge is 0.480 e. The molecule has 4 N–H and O–H groups in total. The van der Waals surface area contributed by atoms with E-state index in [0.29, 0.717) is 25.8 Å². The van der Waals surface area contributed by atoms with Gasteiger partial charge in [-0.3, -0.25) is 4.79 Å². The lowest BCUT2D eigenvalue weighted by Gasteiger charge is -2.25. The van der Waals surface area contributed by atoms with Crippen LogP contribution in [0.2, 0.25) is 0 Å². The van der Waals surface area contributed by atoms with E-state index in [-0.39, 0.29) is 17.9 Å². The summed E-state index contributed by atoms with van der Waals surface area (Å²) >= 11 is 0. The highest BCUT2D eigenvalue weighted by molar-refractivity contribution is 5.83. The fraction of sp³-hybridized carbons (Fsp3) is 0.750. The number of hydrogen-bond donors (Lipinski definition) is 4. The van der Waals surface area contributed by atoms with Crippen LogP contribution in [-0.4, -0.2) is 41.6 Å². The van der Waals surface area contributed by atoms with Gasteiger partial charge in [0.05, 0.1) is 0 Å². The molecule has 0 radical (unpaired) electrons. The van der Waals surface area contributed by atoms with E-state index in [4.69, 9.17) is 5.11 Å². The highest BCUT2D eigenvalue weighted by Crippen LogP contribution is 2.06. The highest BCUT2D eigenvalue weighted by atomic mass is 16.4. The molecular weight excluding hydrogens is 250 g/mol. The molecule has 108 valence electrons. The van der Waals surface area contributed by atoms with Gasteiger partial charge < -0.3 is 21.1 Å². The summed E-state index contributed by atoms with van der Waals surface area (Å²) in [5, 5.41) is 16.8. The fourth-order valence-corrected chi connectivity index (χ4v) is 1.93. The quantitative estimate of drug-likeness (QED) is 0.567. The van der Waals surface area contributed by atoms with Crippen molar-refractivity contribution in [2.75, 3.05) is 6.54 Å². The van der Waals surface area contributed by atoms with Gasteiger partial charge in [-0.1, -0.05) is 13.8 Å². The lowest BCUT2D eigenvalue weighted by molar-refractivity contribution is -0.139. The standard InChI is InChI=1S/C12H21N3O4/c1-7(2)5-9(11(17)18)15-12(19)14-8-3-4-10(16)13-6-8/h7-9H,3-6H2,1-2H3,(H,13,16)(H,17,18)(H2,14,15,19). The Morgan fingerprint density at radius 1 is 1.47 bits per heavy atom. The molecule has 1 aliphatic rings. The smallest absolute Gasteiger partial charge is 0.326 e. The van der Waals surface area contributed by atoms with Crippen molar-refractivity contribution in [1.82, 2.24) is 16.0 Å². The second-order valence-corrected chi connectivity index (χ2v) is 5.18. The maximum Gasteiger partial charge on any atom is 0.326 e. The van der Waals surface area contributed by atoms with Crippen LogP contribution < -0.4 is 16.0 Å². The zero-order chi connectivity index (χ0) is 14.4. The van der Waals surface area contributed by atoms with Crippen molar-refractivity contribution in [3.63, 3.8) is 0 Å². The normalized spacial score (nSPS) is 20.6. The van der Waals surface area contributed by atoms with E-state index in [9.17, 15) is 14.4 Å². The minimum Gasteiger partial charge on any atom is -0.480 e. The van der Waals surface area contributed by atoms with Crippen LogP contribution in [-0.2, 0) is 9.59 Å². The van der Waals surface area contributed by atoms with Crippen LogP contribution >= 0.6 is 0 Å². The van der Waals surface area contributed by atoms with Crippen molar-refractivity contribution in [3.8, 4) is 0 Å². The van der Waals surface area contributed by atoms with Crippen LogP contribution in [0.3, 0.4) is 0 Å². The predicted molar refractivity (Wildman–Crippen MR) is 68.6 cm³/mol. The van der Waals surface area contributed by atoms with Gasteiger partial charge in [0, 0.05) is 19.0 Å². The second-order valence-electron chi connectivity index (χ2n) is 5.18. The summed E-state index contributed by atoms with van der Waals surface area (Å²) in [4.78, 5) is 33.7. The van der Waals surface area contributed by atoms with Gasteiger partial charge in [-0.25, -0.2) is 9.59 Å². The first-order valence-corrected chi connectivity index (χ1v) is 6.45. The number of carboxylic acid groups (broad SMARTS) is 1. The van der Waals surface area contributed by atoms with Gasteiger partial charge >= 0.3 is 12.0 Å². The number of amides is 3. The molecule has 7 heteroatoms. The molecule has 0 aromatic rings. The minimum absolute atomic E-state index is 0.0262. The third-order valence-electron chi connectivity index (χ3n) is 2.91. The number of urea groups is 1. The minimum atomic E-state index is -1.04. The van der Waals surface area contributed by atoms with Gasteiger partial charge in [-0.15, -0.1) is 0 Å². The average molecular weight is 271 g/mol. The molecule has 0 bridgehead atoms. The maximum atomic E-state index is 11.7. The van der Waals surface area contributed by atoms with Crippen molar-refractivity contribution >= 4 is 17.9 Å². The van der Waals surface area contributed by atoms with E-state index in [1.807, 2.05) is 13.8 Å². The van der Waals surface area contributed by atoms with Crippen molar-refractivity contribution in [2.45, 2.75) is 45.2 Å². The summed E-state index contributed by atoms with van der Waals surface area (Å²) in [7, 11) is 0. The summed E-state index contributed by atoms with van der Waals surface area (Å²) in [5.74, 6) is -0.891. The van der Waals surface area contributed by atoms with Crippen molar-refractivity contribution < 1.29 is 19.5 Å². The van der Waals surface area contributed by atoms with Crippen LogP contribution in [0, 0.1) is 5.92 Å². The summed E-state index contributed by atoms with van der Waals surface area (Å²) < 4.78 is 0. The molecule has 1 heterocycles. The van der Waals surface area contributed by atoms with Crippen LogP contribution in [0.1, 0.15) is 33.1 Å². The maximum absolute atomic E-state index is 11.7. The number of aliphatic carboxylic acids is 1. The number of carboxylic acids is 1. The second kappa shape index (κ2) is 6.96. The van der Waals surface area contributed by atoms with Gasteiger partial charge in [0.25, 0.3) is 0 Å². The van der Waals surface area contributed by atoms with Gasteiger partial charge in [0.15, 0.2) is 0 Å². The van der Waals surface area contributed by atoms with Crippen LogP contribution in [0.15, 0.2) is 0 Å². The summed E-state index contributed by atoms with van der Waals surface area (Å²) in [6.07, 6.45) is 1.32. The van der Waals surface area contributed by atoms with E-state index in [1.54, 1.807) is 0 Å². The third kappa shape index (κ3) is 5.58. The summed E-state index contributed by atoms with van der Waals surface area (Å²) in [6.45, 7) is 4.17. The van der Waals surface area contributed by atoms with Gasteiger partial charge in [-0.2, -0.15) is 0 Å². The van der Waals surface area contributed by atoms with Crippen LogP contribution in [0.25, 0.3) is 0 Å². The number of hydrogen-bond acceptors (Lipinski definition) is 3. The van der Waals surface area contributed by atoms with Gasteiger partial charge in [0.1, 0.15) is 6.04 Å². The number of rotatable bonds is 5. The Morgan fingerprint density at radius 3 is 2.63 bits per heavy atom. The molecule has 0 aliphatic carbocycles. The third-order valence-corrected chi connectivity index (χ3v) is 2.91. The molecule has 0 saturated carbocycles.